The molecule has 0 saturated carbocycles. The van der Waals surface area contributed by atoms with Crippen molar-refractivity contribution >= 4 is 23.4 Å². The topological polar surface area (TPSA) is 29.5 Å². The van der Waals surface area contributed by atoms with Crippen molar-refractivity contribution in [3.05, 3.63) is 29.3 Å². The molecule has 1 N–H and O–H groups in total. The maximum atomic E-state index is 9.83. The molecule has 114 valence electrons. The molecule has 0 aliphatic rings. The van der Waals surface area contributed by atoms with Gasteiger partial charge in [0.2, 0.25) is 0 Å². The van der Waals surface area contributed by atoms with E-state index in [9.17, 15) is 5.11 Å². The molecule has 0 aliphatic heterocycles. The maximum Gasteiger partial charge on any atom is 0.119 e. The molecule has 1 atom stereocenters. The Morgan fingerprint density at radius 1 is 1.15 bits per heavy atom. The highest BCUT2D eigenvalue weighted by Crippen LogP contribution is 2.16. The number of unbranched alkanes of at least 4 members (excludes halogenated alkanes) is 4. The second kappa shape index (κ2) is 11.3. The summed E-state index contributed by atoms with van der Waals surface area (Å²) in [6, 6.07) is 7.20. The van der Waals surface area contributed by atoms with Crippen LogP contribution in [0, 0.1) is 0 Å². The fourth-order valence-electron chi connectivity index (χ4n) is 1.80. The van der Waals surface area contributed by atoms with Crippen molar-refractivity contribution < 1.29 is 9.84 Å². The van der Waals surface area contributed by atoms with Gasteiger partial charge in [0.1, 0.15) is 12.4 Å². The van der Waals surface area contributed by atoms with Crippen molar-refractivity contribution in [3.63, 3.8) is 0 Å². The van der Waals surface area contributed by atoms with E-state index in [2.05, 4.69) is 6.92 Å². The summed E-state index contributed by atoms with van der Waals surface area (Å²) in [5, 5.41) is 10.5. The molecular formula is C16H25ClO2S. The predicted octanol–water partition coefficient (Wildman–Crippen LogP) is 4.78. The summed E-state index contributed by atoms with van der Waals surface area (Å²) in [5.74, 6) is 2.61. The smallest absolute Gasteiger partial charge is 0.119 e. The van der Waals surface area contributed by atoms with Gasteiger partial charge in [-0.1, -0.05) is 44.2 Å². The Labute approximate surface area is 131 Å². The SMILES string of the molecule is CCCCCCCSCC(O)COc1ccc(Cl)cc1. The van der Waals surface area contributed by atoms with Gasteiger partial charge in [-0.2, -0.15) is 11.8 Å². The molecule has 0 heterocycles. The van der Waals surface area contributed by atoms with Crippen LogP contribution in [0.25, 0.3) is 0 Å². The number of hydrogen-bond donors (Lipinski definition) is 1. The molecule has 0 aliphatic carbocycles. The molecule has 0 radical (unpaired) electrons. The molecule has 1 rings (SSSR count). The highest BCUT2D eigenvalue weighted by atomic mass is 35.5. The summed E-state index contributed by atoms with van der Waals surface area (Å²) < 4.78 is 5.51. The van der Waals surface area contributed by atoms with Crippen LogP contribution in [0.1, 0.15) is 39.0 Å². The fraction of sp³-hybridized carbons (Fsp3) is 0.625. The molecule has 2 nitrogen and oxygen atoms in total. The van der Waals surface area contributed by atoms with Crippen LogP contribution in [-0.4, -0.2) is 29.3 Å². The zero-order valence-electron chi connectivity index (χ0n) is 12.2. The highest BCUT2D eigenvalue weighted by molar-refractivity contribution is 7.99. The first kappa shape index (κ1) is 17.7. The number of halogens is 1. The molecule has 1 aromatic carbocycles. The molecule has 0 spiro atoms. The standard InChI is InChI=1S/C16H25ClO2S/c1-2-3-4-5-6-11-20-13-15(18)12-19-16-9-7-14(17)8-10-16/h7-10,15,18H,2-6,11-13H2,1H3. The van der Waals surface area contributed by atoms with Crippen molar-refractivity contribution in [3.8, 4) is 5.75 Å². The van der Waals surface area contributed by atoms with Crippen LogP contribution in [-0.2, 0) is 0 Å². The normalized spacial score (nSPS) is 12.3. The van der Waals surface area contributed by atoms with Crippen LogP contribution in [0.3, 0.4) is 0 Å². The Hall–Kier alpha value is -0.380. The minimum Gasteiger partial charge on any atom is -0.491 e. The first-order valence-electron chi connectivity index (χ1n) is 7.36. The van der Waals surface area contributed by atoms with Gasteiger partial charge in [0.05, 0.1) is 6.10 Å². The predicted molar refractivity (Wildman–Crippen MR) is 89.0 cm³/mol. The molecule has 4 heteroatoms. The lowest BCUT2D eigenvalue weighted by Gasteiger charge is -2.12. The molecule has 1 aromatic rings. The van der Waals surface area contributed by atoms with Gasteiger partial charge in [-0.3, -0.25) is 0 Å². The van der Waals surface area contributed by atoms with E-state index in [-0.39, 0.29) is 0 Å². The van der Waals surface area contributed by atoms with E-state index in [0.717, 1.165) is 17.3 Å². The number of benzene rings is 1. The van der Waals surface area contributed by atoms with Crippen molar-refractivity contribution in [1.29, 1.82) is 0 Å². The minimum atomic E-state index is -0.411. The van der Waals surface area contributed by atoms with E-state index in [1.807, 2.05) is 12.1 Å². The molecule has 0 saturated heterocycles. The molecule has 20 heavy (non-hydrogen) atoms. The number of aliphatic hydroxyl groups is 1. The van der Waals surface area contributed by atoms with Crippen molar-refractivity contribution in [1.82, 2.24) is 0 Å². The van der Waals surface area contributed by atoms with Gasteiger partial charge in [-0.25, -0.2) is 0 Å². The molecule has 0 fully saturated rings. The van der Waals surface area contributed by atoms with Gasteiger partial charge in [-0.05, 0) is 36.4 Å². The van der Waals surface area contributed by atoms with E-state index in [4.69, 9.17) is 16.3 Å². The van der Waals surface area contributed by atoms with Gasteiger partial charge < -0.3 is 9.84 Å². The van der Waals surface area contributed by atoms with E-state index in [1.165, 1.54) is 32.1 Å². The van der Waals surface area contributed by atoms with Crippen molar-refractivity contribution in [2.75, 3.05) is 18.1 Å². The van der Waals surface area contributed by atoms with Crippen molar-refractivity contribution in [2.24, 2.45) is 0 Å². The number of hydrogen-bond acceptors (Lipinski definition) is 3. The van der Waals surface area contributed by atoms with Crippen LogP contribution < -0.4 is 4.74 Å². The first-order chi connectivity index (χ1) is 9.72. The maximum absolute atomic E-state index is 9.83. The Bertz CT molecular complexity index is 343. The lowest BCUT2D eigenvalue weighted by molar-refractivity contribution is 0.126. The Morgan fingerprint density at radius 2 is 1.85 bits per heavy atom. The Balaban J connectivity index is 2.00. The molecular weight excluding hydrogens is 292 g/mol. The quantitative estimate of drug-likeness (QED) is 0.596. The third-order valence-corrected chi connectivity index (χ3v) is 4.41. The van der Waals surface area contributed by atoms with E-state index < -0.39 is 6.10 Å². The van der Waals surface area contributed by atoms with Crippen LogP contribution >= 0.6 is 23.4 Å². The van der Waals surface area contributed by atoms with Crippen LogP contribution in [0.2, 0.25) is 5.02 Å². The van der Waals surface area contributed by atoms with Gasteiger partial charge in [-0.15, -0.1) is 0 Å². The van der Waals surface area contributed by atoms with Gasteiger partial charge in [0, 0.05) is 10.8 Å². The molecule has 0 aromatic heterocycles. The second-order valence-electron chi connectivity index (χ2n) is 4.91. The Morgan fingerprint density at radius 3 is 2.55 bits per heavy atom. The van der Waals surface area contributed by atoms with Gasteiger partial charge >= 0.3 is 0 Å². The second-order valence-corrected chi connectivity index (χ2v) is 6.49. The first-order valence-corrected chi connectivity index (χ1v) is 8.89. The summed E-state index contributed by atoms with van der Waals surface area (Å²) in [6.07, 6.45) is 6.09. The lowest BCUT2D eigenvalue weighted by atomic mass is 10.2. The van der Waals surface area contributed by atoms with Gasteiger partial charge in [0.25, 0.3) is 0 Å². The fourth-order valence-corrected chi connectivity index (χ4v) is 2.87. The summed E-state index contributed by atoms with van der Waals surface area (Å²) >= 11 is 7.60. The summed E-state index contributed by atoms with van der Waals surface area (Å²) in [6.45, 7) is 2.57. The zero-order valence-corrected chi connectivity index (χ0v) is 13.8. The number of rotatable bonds is 11. The third-order valence-electron chi connectivity index (χ3n) is 2.96. The van der Waals surface area contributed by atoms with Crippen molar-refractivity contribution in [2.45, 2.75) is 45.1 Å². The van der Waals surface area contributed by atoms with Crippen LogP contribution in [0.4, 0.5) is 0 Å². The lowest BCUT2D eigenvalue weighted by Crippen LogP contribution is -2.20. The monoisotopic (exact) mass is 316 g/mol. The Kier molecular flexibility index (Phi) is 9.98. The third kappa shape index (κ3) is 8.72. The molecule has 0 bridgehead atoms. The number of thioether (sulfide) groups is 1. The molecule has 1 unspecified atom stereocenters. The van der Waals surface area contributed by atoms with Gasteiger partial charge in [0.15, 0.2) is 0 Å². The van der Waals surface area contributed by atoms with E-state index >= 15 is 0 Å². The number of ether oxygens (including phenoxy) is 1. The number of aliphatic hydroxyl groups excluding tert-OH is 1. The highest BCUT2D eigenvalue weighted by Gasteiger charge is 2.05. The van der Waals surface area contributed by atoms with E-state index in [1.54, 1.807) is 23.9 Å². The average Bonchev–Trinajstić information content (AvgIpc) is 2.46. The van der Waals surface area contributed by atoms with Crippen LogP contribution in [0.5, 0.6) is 5.75 Å². The molecule has 0 amide bonds. The largest absolute Gasteiger partial charge is 0.491 e. The minimum absolute atomic E-state index is 0.338. The summed E-state index contributed by atoms with van der Waals surface area (Å²) in [5.41, 5.74) is 0. The summed E-state index contributed by atoms with van der Waals surface area (Å²) in [7, 11) is 0. The zero-order chi connectivity index (χ0) is 14.6. The summed E-state index contributed by atoms with van der Waals surface area (Å²) in [4.78, 5) is 0. The van der Waals surface area contributed by atoms with Crippen LogP contribution in [0.15, 0.2) is 24.3 Å². The average molecular weight is 317 g/mol. The van der Waals surface area contributed by atoms with E-state index in [0.29, 0.717) is 11.6 Å².